The van der Waals surface area contributed by atoms with Crippen molar-refractivity contribution in [2.24, 2.45) is 0 Å². The Morgan fingerprint density at radius 3 is 2.61 bits per heavy atom. The molecule has 0 aliphatic carbocycles. The van der Waals surface area contributed by atoms with Gasteiger partial charge in [0, 0.05) is 33.0 Å². The Balaban J connectivity index is 2.88. The zero-order valence-corrected chi connectivity index (χ0v) is 11.8. The molecule has 0 aliphatic heterocycles. The van der Waals surface area contributed by atoms with Gasteiger partial charge in [-0.2, -0.15) is 0 Å². The lowest BCUT2D eigenvalue weighted by molar-refractivity contribution is 0.189. The van der Waals surface area contributed by atoms with Crippen LogP contribution in [0.4, 0.5) is 5.69 Å². The summed E-state index contributed by atoms with van der Waals surface area (Å²) >= 11 is 0. The lowest BCUT2D eigenvalue weighted by Crippen LogP contribution is -2.28. The van der Waals surface area contributed by atoms with Gasteiger partial charge in [-0.1, -0.05) is 6.07 Å². The second-order valence-electron chi connectivity index (χ2n) is 4.19. The minimum Gasteiger partial charge on any atom is -0.398 e. The maximum atomic E-state index is 12.2. The number of hydrogen-bond acceptors (Lipinski definition) is 4. The third kappa shape index (κ3) is 3.44. The van der Waals surface area contributed by atoms with Crippen LogP contribution in [0.3, 0.4) is 0 Å². The van der Waals surface area contributed by atoms with Gasteiger partial charge in [-0.05, 0) is 31.0 Å². The molecule has 0 saturated carbocycles. The van der Waals surface area contributed by atoms with Crippen molar-refractivity contribution in [3.8, 4) is 0 Å². The molecule has 1 aromatic carbocycles. The Morgan fingerprint density at radius 1 is 1.39 bits per heavy atom. The highest BCUT2D eigenvalue weighted by Crippen LogP contribution is 2.20. The molecule has 0 heterocycles. The van der Waals surface area contributed by atoms with Crippen LogP contribution >= 0.6 is 0 Å². The highest BCUT2D eigenvalue weighted by Gasteiger charge is 2.20. The number of hydrogen-bond donors (Lipinski definition) is 1. The minimum atomic E-state index is -3.46. The summed E-state index contributed by atoms with van der Waals surface area (Å²) < 4.78 is 30.7. The number of anilines is 1. The van der Waals surface area contributed by atoms with Gasteiger partial charge in [0.2, 0.25) is 10.0 Å². The van der Waals surface area contributed by atoms with Crippen molar-refractivity contribution in [2.75, 3.05) is 33.0 Å². The smallest absolute Gasteiger partial charge is 0.242 e. The summed E-state index contributed by atoms with van der Waals surface area (Å²) in [6, 6.07) is 4.79. The molecule has 0 atom stereocenters. The molecule has 0 unspecified atom stereocenters. The second kappa shape index (κ2) is 6.17. The van der Waals surface area contributed by atoms with E-state index >= 15 is 0 Å². The Bertz CT molecular complexity index is 500. The average Bonchev–Trinajstić information content (AvgIpc) is 2.32. The first kappa shape index (κ1) is 14.9. The maximum Gasteiger partial charge on any atom is 0.242 e. The maximum absolute atomic E-state index is 12.2. The van der Waals surface area contributed by atoms with Crippen LogP contribution < -0.4 is 5.73 Å². The molecule has 18 heavy (non-hydrogen) atoms. The van der Waals surface area contributed by atoms with Gasteiger partial charge in [-0.3, -0.25) is 0 Å². The fourth-order valence-electron chi connectivity index (χ4n) is 1.51. The van der Waals surface area contributed by atoms with E-state index in [9.17, 15) is 8.42 Å². The summed E-state index contributed by atoms with van der Waals surface area (Å²) in [4.78, 5) is 0.227. The van der Waals surface area contributed by atoms with Crippen molar-refractivity contribution in [3.05, 3.63) is 23.8 Å². The molecule has 0 radical (unpaired) electrons. The standard InChI is InChI=1S/C12H20N2O3S/c1-10-5-6-11(9-12(10)13)18(15,16)14(2)7-4-8-17-3/h5-6,9H,4,7-8,13H2,1-3H3. The van der Waals surface area contributed by atoms with Crippen molar-refractivity contribution in [2.45, 2.75) is 18.2 Å². The van der Waals surface area contributed by atoms with Gasteiger partial charge in [0.15, 0.2) is 0 Å². The van der Waals surface area contributed by atoms with Crippen molar-refractivity contribution in [1.29, 1.82) is 0 Å². The summed E-state index contributed by atoms with van der Waals surface area (Å²) in [5, 5.41) is 0. The molecule has 5 nitrogen and oxygen atoms in total. The minimum absolute atomic E-state index is 0.227. The normalized spacial score (nSPS) is 12.0. The summed E-state index contributed by atoms with van der Waals surface area (Å²) in [6.07, 6.45) is 0.660. The number of benzene rings is 1. The van der Waals surface area contributed by atoms with Crippen LogP contribution in [0.25, 0.3) is 0 Å². The molecular weight excluding hydrogens is 252 g/mol. The predicted molar refractivity (Wildman–Crippen MR) is 71.9 cm³/mol. The fraction of sp³-hybridized carbons (Fsp3) is 0.500. The van der Waals surface area contributed by atoms with Crippen LogP contribution in [0.15, 0.2) is 23.1 Å². The number of nitrogens with two attached hydrogens (primary N) is 1. The van der Waals surface area contributed by atoms with E-state index in [1.807, 2.05) is 6.92 Å². The number of aryl methyl sites for hydroxylation is 1. The van der Waals surface area contributed by atoms with E-state index in [4.69, 9.17) is 10.5 Å². The number of methoxy groups -OCH3 is 1. The Hall–Kier alpha value is -1.11. The summed E-state index contributed by atoms with van der Waals surface area (Å²) in [7, 11) is -0.312. The number of rotatable bonds is 6. The summed E-state index contributed by atoms with van der Waals surface area (Å²) in [5.41, 5.74) is 7.09. The topological polar surface area (TPSA) is 72.6 Å². The number of nitrogen functional groups attached to an aromatic ring is 1. The summed E-state index contributed by atoms with van der Waals surface area (Å²) in [6.45, 7) is 2.80. The van der Waals surface area contributed by atoms with Crippen molar-refractivity contribution >= 4 is 15.7 Å². The molecule has 102 valence electrons. The quantitative estimate of drug-likeness (QED) is 0.624. The fourth-order valence-corrected chi connectivity index (χ4v) is 2.76. The van der Waals surface area contributed by atoms with Crippen LogP contribution in [0.2, 0.25) is 0 Å². The van der Waals surface area contributed by atoms with E-state index in [1.54, 1.807) is 26.3 Å². The van der Waals surface area contributed by atoms with Crippen LogP contribution in [-0.2, 0) is 14.8 Å². The molecule has 0 amide bonds. The first-order valence-electron chi connectivity index (χ1n) is 5.71. The van der Waals surface area contributed by atoms with E-state index in [0.717, 1.165) is 5.56 Å². The van der Waals surface area contributed by atoms with Gasteiger partial charge >= 0.3 is 0 Å². The number of sulfonamides is 1. The monoisotopic (exact) mass is 272 g/mol. The van der Waals surface area contributed by atoms with Crippen LogP contribution in [0.1, 0.15) is 12.0 Å². The highest BCUT2D eigenvalue weighted by atomic mass is 32.2. The largest absolute Gasteiger partial charge is 0.398 e. The van der Waals surface area contributed by atoms with Gasteiger partial charge < -0.3 is 10.5 Å². The first-order chi connectivity index (χ1) is 8.39. The molecule has 2 N–H and O–H groups in total. The zero-order valence-electron chi connectivity index (χ0n) is 11.0. The second-order valence-corrected chi connectivity index (χ2v) is 6.24. The Labute approximate surface area is 109 Å². The predicted octanol–water partition coefficient (Wildman–Crippen LogP) is 1.23. The van der Waals surface area contributed by atoms with Gasteiger partial charge in [-0.15, -0.1) is 0 Å². The van der Waals surface area contributed by atoms with E-state index in [1.165, 1.54) is 10.4 Å². The Kier molecular flexibility index (Phi) is 5.13. The van der Waals surface area contributed by atoms with Gasteiger partial charge in [0.1, 0.15) is 0 Å². The van der Waals surface area contributed by atoms with Crippen molar-refractivity contribution < 1.29 is 13.2 Å². The van der Waals surface area contributed by atoms with Gasteiger partial charge in [0.25, 0.3) is 0 Å². The van der Waals surface area contributed by atoms with Crippen molar-refractivity contribution in [1.82, 2.24) is 4.31 Å². The van der Waals surface area contributed by atoms with Gasteiger partial charge in [0.05, 0.1) is 4.90 Å². The number of nitrogens with zero attached hydrogens (tertiary/aromatic N) is 1. The molecule has 0 aromatic heterocycles. The molecule has 1 aromatic rings. The third-order valence-electron chi connectivity index (χ3n) is 2.78. The van der Waals surface area contributed by atoms with Crippen LogP contribution in [0, 0.1) is 6.92 Å². The van der Waals surface area contributed by atoms with E-state index in [0.29, 0.717) is 25.3 Å². The third-order valence-corrected chi connectivity index (χ3v) is 4.63. The zero-order chi connectivity index (χ0) is 13.8. The molecule has 6 heteroatoms. The molecular formula is C12H20N2O3S. The molecule has 0 aliphatic rings. The van der Waals surface area contributed by atoms with Crippen LogP contribution in [0.5, 0.6) is 0 Å². The first-order valence-corrected chi connectivity index (χ1v) is 7.15. The highest BCUT2D eigenvalue weighted by molar-refractivity contribution is 7.89. The van der Waals surface area contributed by atoms with Crippen molar-refractivity contribution in [3.63, 3.8) is 0 Å². The lowest BCUT2D eigenvalue weighted by Gasteiger charge is -2.17. The molecule has 1 rings (SSSR count). The lowest BCUT2D eigenvalue weighted by atomic mass is 10.2. The number of ether oxygens (including phenoxy) is 1. The Morgan fingerprint density at radius 2 is 2.06 bits per heavy atom. The molecule has 0 bridgehead atoms. The van der Waals surface area contributed by atoms with E-state index in [2.05, 4.69) is 0 Å². The molecule has 0 saturated heterocycles. The molecule has 0 spiro atoms. The SMILES string of the molecule is COCCCN(C)S(=O)(=O)c1ccc(C)c(N)c1. The van der Waals surface area contributed by atoms with Gasteiger partial charge in [-0.25, -0.2) is 12.7 Å². The van der Waals surface area contributed by atoms with E-state index < -0.39 is 10.0 Å². The van der Waals surface area contributed by atoms with Crippen LogP contribution in [-0.4, -0.2) is 40.0 Å². The van der Waals surface area contributed by atoms with E-state index in [-0.39, 0.29) is 4.90 Å². The summed E-state index contributed by atoms with van der Waals surface area (Å²) in [5.74, 6) is 0. The molecule has 0 fully saturated rings. The average molecular weight is 272 g/mol.